The molecular formula is C12H16BN5O2. The van der Waals surface area contributed by atoms with Crippen molar-refractivity contribution in [1.29, 1.82) is 0 Å². The van der Waals surface area contributed by atoms with Gasteiger partial charge in [0.15, 0.2) is 0 Å². The number of aromatic amines is 1. The number of rotatable bonds is 2. The van der Waals surface area contributed by atoms with Crippen LogP contribution in [0, 0.1) is 0 Å². The Morgan fingerprint density at radius 2 is 1.80 bits per heavy atom. The maximum absolute atomic E-state index is 5.95. The first-order valence-electron chi connectivity index (χ1n) is 6.44. The molecule has 1 aliphatic rings. The van der Waals surface area contributed by atoms with Crippen LogP contribution in [-0.2, 0) is 9.31 Å². The summed E-state index contributed by atoms with van der Waals surface area (Å²) in [5.74, 6) is 0.512. The van der Waals surface area contributed by atoms with Crippen molar-refractivity contribution in [1.82, 2.24) is 25.6 Å². The van der Waals surface area contributed by atoms with Crippen LogP contribution in [0.2, 0.25) is 0 Å². The lowest BCUT2D eigenvalue weighted by atomic mass is 9.84. The summed E-state index contributed by atoms with van der Waals surface area (Å²) in [4.78, 5) is 4.38. The van der Waals surface area contributed by atoms with Crippen LogP contribution >= 0.6 is 0 Å². The zero-order valence-corrected chi connectivity index (χ0v) is 11.9. The van der Waals surface area contributed by atoms with Crippen LogP contribution in [0.3, 0.4) is 0 Å². The van der Waals surface area contributed by atoms with Gasteiger partial charge in [-0.1, -0.05) is 0 Å². The van der Waals surface area contributed by atoms with E-state index in [1.54, 1.807) is 6.20 Å². The van der Waals surface area contributed by atoms with Crippen molar-refractivity contribution in [2.24, 2.45) is 0 Å². The molecule has 1 saturated heterocycles. The van der Waals surface area contributed by atoms with Crippen molar-refractivity contribution in [3.05, 3.63) is 18.3 Å². The third-order valence-corrected chi connectivity index (χ3v) is 3.88. The number of aromatic nitrogens is 5. The molecule has 8 heteroatoms. The minimum atomic E-state index is -0.459. The summed E-state index contributed by atoms with van der Waals surface area (Å²) >= 11 is 0. The van der Waals surface area contributed by atoms with Crippen molar-refractivity contribution in [2.75, 3.05) is 0 Å². The summed E-state index contributed by atoms with van der Waals surface area (Å²) in [6, 6.07) is 3.73. The predicted octanol–water partition coefficient (Wildman–Crippen LogP) is 0.561. The Labute approximate surface area is 117 Å². The van der Waals surface area contributed by atoms with Gasteiger partial charge in [0.05, 0.1) is 16.8 Å². The van der Waals surface area contributed by atoms with E-state index in [0.29, 0.717) is 5.82 Å². The van der Waals surface area contributed by atoms with Crippen molar-refractivity contribution in [2.45, 2.75) is 38.9 Å². The van der Waals surface area contributed by atoms with Crippen LogP contribution in [-0.4, -0.2) is 43.9 Å². The number of H-pyrrole nitrogens is 1. The molecule has 0 saturated carbocycles. The molecule has 0 amide bonds. The molecule has 1 aliphatic heterocycles. The quantitative estimate of drug-likeness (QED) is 0.805. The number of pyridine rings is 1. The van der Waals surface area contributed by atoms with Gasteiger partial charge >= 0.3 is 7.12 Å². The number of nitrogens with zero attached hydrogens (tertiary/aromatic N) is 4. The van der Waals surface area contributed by atoms with Gasteiger partial charge in [-0.05, 0) is 45.0 Å². The highest BCUT2D eigenvalue weighted by atomic mass is 16.7. The summed E-state index contributed by atoms with van der Waals surface area (Å²) in [6.07, 6.45) is 1.69. The smallest absolute Gasteiger partial charge is 0.398 e. The van der Waals surface area contributed by atoms with Crippen LogP contribution in [0.25, 0.3) is 11.4 Å². The van der Waals surface area contributed by atoms with Gasteiger partial charge in [-0.15, -0.1) is 10.2 Å². The molecule has 2 aromatic rings. The minimum absolute atomic E-state index is 0.369. The molecule has 0 spiro atoms. The van der Waals surface area contributed by atoms with Crippen LogP contribution in [0.5, 0.6) is 0 Å². The highest BCUT2D eigenvalue weighted by Gasteiger charge is 2.52. The van der Waals surface area contributed by atoms with E-state index in [2.05, 4.69) is 25.6 Å². The fourth-order valence-electron chi connectivity index (χ4n) is 1.92. The Bertz CT molecular complexity index is 581. The van der Waals surface area contributed by atoms with Crippen LogP contribution < -0.4 is 5.59 Å². The molecule has 0 bridgehead atoms. The average Bonchev–Trinajstić information content (AvgIpc) is 2.97. The zero-order valence-electron chi connectivity index (χ0n) is 11.9. The number of tetrazole rings is 1. The lowest BCUT2D eigenvalue weighted by molar-refractivity contribution is 0.00578. The monoisotopic (exact) mass is 273 g/mol. The first-order valence-corrected chi connectivity index (χ1v) is 6.44. The molecule has 104 valence electrons. The maximum atomic E-state index is 5.95. The second kappa shape index (κ2) is 4.36. The summed E-state index contributed by atoms with van der Waals surface area (Å²) in [7, 11) is -0.459. The van der Waals surface area contributed by atoms with Crippen molar-refractivity contribution in [3.63, 3.8) is 0 Å². The summed E-state index contributed by atoms with van der Waals surface area (Å²) in [5, 5.41) is 13.8. The molecule has 0 aliphatic carbocycles. The van der Waals surface area contributed by atoms with Gasteiger partial charge in [0.25, 0.3) is 0 Å². The third kappa shape index (κ3) is 2.10. The molecule has 0 atom stereocenters. The first kappa shape index (κ1) is 13.2. The van der Waals surface area contributed by atoms with E-state index in [1.165, 1.54) is 0 Å². The molecule has 0 aromatic carbocycles. The van der Waals surface area contributed by atoms with Crippen molar-refractivity contribution < 1.29 is 9.31 Å². The maximum Gasteiger partial charge on any atom is 0.514 e. The van der Waals surface area contributed by atoms with E-state index in [4.69, 9.17) is 9.31 Å². The fourth-order valence-corrected chi connectivity index (χ4v) is 1.92. The zero-order chi connectivity index (χ0) is 14.4. The van der Waals surface area contributed by atoms with E-state index in [0.717, 1.165) is 11.2 Å². The van der Waals surface area contributed by atoms with Gasteiger partial charge < -0.3 is 9.31 Å². The van der Waals surface area contributed by atoms with Crippen LogP contribution in [0.4, 0.5) is 0 Å². The molecule has 7 nitrogen and oxygen atoms in total. The van der Waals surface area contributed by atoms with E-state index in [9.17, 15) is 0 Å². The van der Waals surface area contributed by atoms with Gasteiger partial charge in [-0.25, -0.2) is 0 Å². The largest absolute Gasteiger partial charge is 0.514 e. The third-order valence-electron chi connectivity index (χ3n) is 3.88. The number of hydrogen-bond acceptors (Lipinski definition) is 6. The van der Waals surface area contributed by atoms with E-state index in [-0.39, 0.29) is 11.2 Å². The van der Waals surface area contributed by atoms with Crippen molar-refractivity contribution >= 4 is 12.7 Å². The Morgan fingerprint density at radius 1 is 1.10 bits per heavy atom. The second-order valence-corrected chi connectivity index (χ2v) is 5.80. The Kier molecular flexibility index (Phi) is 2.88. The van der Waals surface area contributed by atoms with Gasteiger partial charge in [0, 0.05) is 11.8 Å². The van der Waals surface area contributed by atoms with E-state index in [1.807, 2.05) is 39.8 Å². The molecule has 0 unspecified atom stereocenters. The lowest BCUT2D eigenvalue weighted by Gasteiger charge is -2.32. The Balaban J connectivity index is 1.83. The summed E-state index contributed by atoms with van der Waals surface area (Å²) < 4.78 is 11.9. The van der Waals surface area contributed by atoms with E-state index >= 15 is 0 Å². The molecule has 1 N–H and O–H groups in total. The highest BCUT2D eigenvalue weighted by molar-refractivity contribution is 6.61. The summed E-state index contributed by atoms with van der Waals surface area (Å²) in [6.45, 7) is 8.06. The van der Waals surface area contributed by atoms with Gasteiger partial charge in [0.1, 0.15) is 0 Å². The van der Waals surface area contributed by atoms with Gasteiger partial charge in [0.2, 0.25) is 5.82 Å². The topological polar surface area (TPSA) is 85.8 Å². The van der Waals surface area contributed by atoms with Gasteiger partial charge in [-0.2, -0.15) is 5.21 Å². The molecule has 0 radical (unpaired) electrons. The lowest BCUT2D eigenvalue weighted by Crippen LogP contribution is -2.41. The highest BCUT2D eigenvalue weighted by Crippen LogP contribution is 2.36. The molecular weight excluding hydrogens is 257 g/mol. The summed E-state index contributed by atoms with van der Waals surface area (Å²) in [5.41, 5.74) is 0.784. The Morgan fingerprint density at radius 3 is 2.30 bits per heavy atom. The first-order chi connectivity index (χ1) is 9.39. The molecule has 2 aromatic heterocycles. The molecule has 3 heterocycles. The van der Waals surface area contributed by atoms with Crippen LogP contribution in [0.1, 0.15) is 27.7 Å². The average molecular weight is 273 g/mol. The normalized spacial score (nSPS) is 20.3. The SMILES string of the molecule is CC1(C)OB(c2ccc(-c3nn[nH]n3)cn2)OC1(C)C. The van der Waals surface area contributed by atoms with Gasteiger partial charge in [-0.3, -0.25) is 4.98 Å². The van der Waals surface area contributed by atoms with E-state index < -0.39 is 7.12 Å². The number of nitrogens with one attached hydrogen (secondary N) is 1. The second-order valence-electron chi connectivity index (χ2n) is 5.80. The standard InChI is InChI=1S/C12H16BN5O2/c1-11(2)12(3,4)20-13(19-11)9-6-5-8(7-14-9)10-15-17-18-16-10/h5-7H,1-4H3,(H,15,16,17,18). The fraction of sp³-hybridized carbons (Fsp3) is 0.500. The molecule has 1 fully saturated rings. The minimum Gasteiger partial charge on any atom is -0.398 e. The van der Waals surface area contributed by atoms with Crippen molar-refractivity contribution in [3.8, 4) is 11.4 Å². The predicted molar refractivity (Wildman–Crippen MR) is 73.1 cm³/mol. The Hall–Kier alpha value is -1.80. The molecule has 20 heavy (non-hydrogen) atoms. The van der Waals surface area contributed by atoms with Crippen LogP contribution in [0.15, 0.2) is 18.3 Å². The molecule has 3 rings (SSSR count). The number of hydrogen-bond donors (Lipinski definition) is 1.